The van der Waals surface area contributed by atoms with E-state index >= 15 is 0 Å². The first-order valence-electron chi connectivity index (χ1n) is 7.95. The van der Waals surface area contributed by atoms with Gasteiger partial charge in [-0.2, -0.15) is 0 Å². The first-order valence-corrected chi connectivity index (χ1v) is 7.95. The van der Waals surface area contributed by atoms with Crippen LogP contribution in [0.25, 0.3) is 0 Å². The van der Waals surface area contributed by atoms with Crippen LogP contribution in [0.15, 0.2) is 47.6 Å². The lowest BCUT2D eigenvalue weighted by molar-refractivity contribution is -0.116. The predicted octanol–water partition coefficient (Wildman–Crippen LogP) is 2.91. The molecule has 0 fully saturated rings. The van der Waals surface area contributed by atoms with E-state index < -0.39 is 0 Å². The molecule has 1 aromatic heterocycles. The van der Waals surface area contributed by atoms with Crippen molar-refractivity contribution in [1.29, 1.82) is 0 Å². The van der Waals surface area contributed by atoms with E-state index in [-0.39, 0.29) is 48.8 Å². The molecule has 0 aliphatic rings. The van der Waals surface area contributed by atoms with Crippen LogP contribution in [0.3, 0.4) is 0 Å². The van der Waals surface area contributed by atoms with Crippen molar-refractivity contribution in [2.75, 3.05) is 24.3 Å². The van der Waals surface area contributed by atoms with E-state index in [1.54, 1.807) is 19.4 Å². The van der Waals surface area contributed by atoms with Gasteiger partial charge in [0.25, 0.3) is 0 Å². The van der Waals surface area contributed by atoms with Crippen molar-refractivity contribution >= 4 is 47.3 Å². The van der Waals surface area contributed by atoms with Gasteiger partial charge in [0.05, 0.1) is 13.2 Å². The molecule has 7 nitrogen and oxygen atoms in total. The molecule has 2 aromatic rings. The number of anilines is 2. The summed E-state index contributed by atoms with van der Waals surface area (Å²) in [5.74, 6) is 0.622. The quantitative estimate of drug-likeness (QED) is 0.329. The summed E-state index contributed by atoms with van der Waals surface area (Å²) >= 11 is 0. The van der Waals surface area contributed by atoms with Gasteiger partial charge < -0.3 is 21.1 Å². The van der Waals surface area contributed by atoms with Crippen molar-refractivity contribution in [3.8, 4) is 0 Å². The smallest absolute Gasteiger partial charge is 0.227 e. The molecule has 0 saturated heterocycles. The summed E-state index contributed by atoms with van der Waals surface area (Å²) in [6.07, 6.45) is 1.92. The summed E-state index contributed by atoms with van der Waals surface area (Å²) in [6.45, 7) is 2.69. The molecule has 2 rings (SSSR count). The molecule has 1 amide bonds. The summed E-state index contributed by atoms with van der Waals surface area (Å²) in [7, 11) is 1.63. The Morgan fingerprint density at radius 3 is 2.69 bits per heavy atom. The zero-order valence-corrected chi connectivity index (χ0v) is 17.2. The van der Waals surface area contributed by atoms with Crippen molar-refractivity contribution in [1.82, 2.24) is 4.98 Å². The fourth-order valence-corrected chi connectivity index (χ4v) is 2.13. The minimum Gasteiger partial charge on any atom is -0.380 e. The highest BCUT2D eigenvalue weighted by Gasteiger charge is 2.04. The number of carbonyl (C=O) groups is 1. The van der Waals surface area contributed by atoms with Crippen LogP contribution in [0.1, 0.15) is 17.5 Å². The van der Waals surface area contributed by atoms with Crippen molar-refractivity contribution in [3.05, 3.63) is 53.7 Å². The number of carbonyl (C=O) groups excluding carboxylic acids is 1. The lowest BCUT2D eigenvalue weighted by Gasteiger charge is -2.10. The van der Waals surface area contributed by atoms with Crippen LogP contribution in [0.2, 0.25) is 0 Å². The molecule has 0 aliphatic carbocycles. The number of hydrogen-bond donors (Lipinski definition) is 3. The van der Waals surface area contributed by atoms with E-state index in [9.17, 15) is 4.79 Å². The van der Waals surface area contributed by atoms with Crippen LogP contribution >= 0.6 is 24.0 Å². The minimum absolute atomic E-state index is 0. The largest absolute Gasteiger partial charge is 0.380 e. The normalized spacial score (nSPS) is 10.8. The van der Waals surface area contributed by atoms with Crippen LogP contribution in [0, 0.1) is 6.92 Å². The summed E-state index contributed by atoms with van der Waals surface area (Å²) in [6, 6.07) is 11.3. The van der Waals surface area contributed by atoms with E-state index in [2.05, 4.69) is 20.6 Å². The van der Waals surface area contributed by atoms with E-state index in [0.717, 1.165) is 16.8 Å². The first kappa shape index (κ1) is 21.8. The van der Waals surface area contributed by atoms with Gasteiger partial charge in [0.1, 0.15) is 5.82 Å². The van der Waals surface area contributed by atoms with Crippen molar-refractivity contribution < 1.29 is 9.53 Å². The molecule has 8 heteroatoms. The standard InChI is InChI=1S/C18H23N5O2.HI/c1-13-7-8-16(21-11-13)23-17(24)9-10-20-18(19)22-15-6-4-3-5-14(15)12-25-2;/h3-8,11H,9-10,12H2,1-2H3,(H3,19,20,22)(H,21,23,24);1H. The van der Waals surface area contributed by atoms with Gasteiger partial charge in [-0.05, 0) is 24.6 Å². The fraction of sp³-hybridized carbons (Fsp3) is 0.278. The van der Waals surface area contributed by atoms with Gasteiger partial charge >= 0.3 is 0 Å². The summed E-state index contributed by atoms with van der Waals surface area (Å²) in [4.78, 5) is 20.2. The predicted molar refractivity (Wildman–Crippen MR) is 115 cm³/mol. The van der Waals surface area contributed by atoms with E-state index in [1.807, 2.05) is 37.3 Å². The van der Waals surface area contributed by atoms with E-state index in [4.69, 9.17) is 10.5 Å². The number of methoxy groups -OCH3 is 1. The van der Waals surface area contributed by atoms with Crippen LogP contribution in [0.4, 0.5) is 11.5 Å². The molecule has 0 bridgehead atoms. The van der Waals surface area contributed by atoms with Gasteiger partial charge in [0.15, 0.2) is 5.96 Å². The first-order chi connectivity index (χ1) is 12.1. The third-order valence-electron chi connectivity index (χ3n) is 3.38. The van der Waals surface area contributed by atoms with Crippen LogP contribution < -0.4 is 16.4 Å². The summed E-state index contributed by atoms with van der Waals surface area (Å²) < 4.78 is 5.15. The van der Waals surface area contributed by atoms with Gasteiger partial charge in [0.2, 0.25) is 5.91 Å². The average Bonchev–Trinajstić information content (AvgIpc) is 2.59. The number of rotatable bonds is 7. The lowest BCUT2D eigenvalue weighted by Crippen LogP contribution is -2.24. The molecule has 0 atom stereocenters. The summed E-state index contributed by atoms with van der Waals surface area (Å²) in [5.41, 5.74) is 8.73. The number of aliphatic imine (C=N–C) groups is 1. The Hall–Kier alpha value is -2.20. The third kappa shape index (κ3) is 7.36. The Morgan fingerprint density at radius 2 is 2.00 bits per heavy atom. The Bertz CT molecular complexity index is 735. The molecule has 1 aromatic carbocycles. The Labute approximate surface area is 170 Å². The number of para-hydroxylation sites is 1. The lowest BCUT2D eigenvalue weighted by atomic mass is 10.2. The SMILES string of the molecule is COCc1ccccc1NC(N)=NCCC(=O)Nc1ccc(C)cn1.I. The maximum absolute atomic E-state index is 11.9. The number of hydrogen-bond acceptors (Lipinski definition) is 4. The topological polar surface area (TPSA) is 102 Å². The Balaban J connectivity index is 0.00000338. The van der Waals surface area contributed by atoms with Crippen molar-refractivity contribution in [2.45, 2.75) is 20.0 Å². The van der Waals surface area contributed by atoms with Crippen LogP contribution in [0.5, 0.6) is 0 Å². The Kier molecular flexibility index (Phi) is 9.60. The van der Waals surface area contributed by atoms with Gasteiger partial charge in [-0.1, -0.05) is 24.3 Å². The zero-order valence-electron chi connectivity index (χ0n) is 14.9. The van der Waals surface area contributed by atoms with Gasteiger partial charge in [0, 0.05) is 31.0 Å². The maximum atomic E-state index is 11.9. The van der Waals surface area contributed by atoms with E-state index in [1.165, 1.54) is 0 Å². The molecule has 0 aliphatic heterocycles. The highest BCUT2D eigenvalue weighted by Crippen LogP contribution is 2.15. The second kappa shape index (κ2) is 11.4. The number of ether oxygens (including phenoxy) is 1. The van der Waals surface area contributed by atoms with Crippen molar-refractivity contribution in [3.63, 3.8) is 0 Å². The monoisotopic (exact) mass is 469 g/mol. The molecule has 0 unspecified atom stereocenters. The number of aryl methyl sites for hydroxylation is 1. The number of nitrogens with two attached hydrogens (primary N) is 1. The number of benzene rings is 1. The fourth-order valence-electron chi connectivity index (χ4n) is 2.13. The second-order valence-corrected chi connectivity index (χ2v) is 5.50. The maximum Gasteiger partial charge on any atom is 0.227 e. The molecule has 1 heterocycles. The van der Waals surface area contributed by atoms with E-state index in [0.29, 0.717) is 12.4 Å². The number of halogens is 1. The van der Waals surface area contributed by atoms with Crippen LogP contribution in [-0.2, 0) is 16.1 Å². The molecular weight excluding hydrogens is 445 g/mol. The number of pyridine rings is 1. The zero-order chi connectivity index (χ0) is 18.1. The number of amides is 1. The summed E-state index contributed by atoms with van der Waals surface area (Å²) in [5, 5.41) is 5.75. The minimum atomic E-state index is -0.160. The number of aromatic nitrogens is 1. The number of nitrogens with one attached hydrogen (secondary N) is 2. The number of guanidine groups is 1. The molecular formula is C18H24IN5O2. The molecule has 0 radical (unpaired) electrons. The molecule has 4 N–H and O–H groups in total. The van der Waals surface area contributed by atoms with Gasteiger partial charge in [-0.25, -0.2) is 4.98 Å². The molecule has 0 spiro atoms. The second-order valence-electron chi connectivity index (χ2n) is 5.50. The molecule has 140 valence electrons. The highest BCUT2D eigenvalue weighted by molar-refractivity contribution is 14.0. The number of nitrogens with zero attached hydrogens (tertiary/aromatic N) is 2. The van der Waals surface area contributed by atoms with Gasteiger partial charge in [-0.3, -0.25) is 9.79 Å². The average molecular weight is 469 g/mol. The Morgan fingerprint density at radius 1 is 1.23 bits per heavy atom. The van der Waals surface area contributed by atoms with Crippen LogP contribution in [-0.4, -0.2) is 30.5 Å². The van der Waals surface area contributed by atoms with Crippen molar-refractivity contribution in [2.24, 2.45) is 10.7 Å². The highest BCUT2D eigenvalue weighted by atomic mass is 127. The molecule has 26 heavy (non-hydrogen) atoms. The molecule has 0 saturated carbocycles. The van der Waals surface area contributed by atoms with Gasteiger partial charge in [-0.15, -0.1) is 24.0 Å². The third-order valence-corrected chi connectivity index (χ3v) is 3.38.